The summed E-state index contributed by atoms with van der Waals surface area (Å²) in [5.41, 5.74) is 9.93. The number of fused-ring (bicyclic) bond motifs is 1. The lowest BCUT2D eigenvalue weighted by Crippen LogP contribution is -2.39. The minimum Gasteiger partial charge on any atom is -0.343 e. The summed E-state index contributed by atoms with van der Waals surface area (Å²) in [5, 5.41) is 18.0. The highest BCUT2D eigenvalue weighted by Crippen LogP contribution is 2.34. The molecular weight excluding hydrogens is 729 g/mol. The summed E-state index contributed by atoms with van der Waals surface area (Å²) < 4.78 is 5.31. The molecule has 12 nitrogen and oxygen atoms in total. The number of benzene rings is 3. The molecule has 0 saturated carbocycles. The van der Waals surface area contributed by atoms with Crippen LogP contribution in [-0.2, 0) is 21.4 Å². The molecule has 0 radical (unpaired) electrons. The molecule has 0 aliphatic carbocycles. The molecule has 1 unspecified atom stereocenters. The van der Waals surface area contributed by atoms with Gasteiger partial charge in [-0.3, -0.25) is 24.8 Å². The molecule has 3 aromatic carbocycles. The number of pyridine rings is 1. The third kappa shape index (κ3) is 8.33. The van der Waals surface area contributed by atoms with E-state index < -0.39 is 0 Å². The molecule has 0 bridgehead atoms. The number of aromatic nitrogens is 5. The van der Waals surface area contributed by atoms with Crippen molar-refractivity contribution in [1.82, 2.24) is 40.9 Å². The van der Waals surface area contributed by atoms with E-state index in [2.05, 4.69) is 84.4 Å². The normalized spacial score (nSPS) is 17.4. The Morgan fingerprint density at radius 3 is 2.34 bits per heavy atom. The van der Waals surface area contributed by atoms with Gasteiger partial charge in [0.15, 0.2) is 5.65 Å². The van der Waals surface area contributed by atoms with Crippen LogP contribution in [0.25, 0.3) is 33.4 Å². The molecule has 12 heteroatoms. The zero-order valence-corrected chi connectivity index (χ0v) is 33.8. The van der Waals surface area contributed by atoms with Gasteiger partial charge in [-0.05, 0) is 104 Å². The first kappa shape index (κ1) is 38.8. The van der Waals surface area contributed by atoms with Gasteiger partial charge in [0.1, 0.15) is 5.69 Å². The van der Waals surface area contributed by atoms with Gasteiger partial charge in [-0.1, -0.05) is 86.6 Å². The van der Waals surface area contributed by atoms with Gasteiger partial charge in [0.2, 0.25) is 17.7 Å². The highest BCUT2D eigenvalue weighted by molar-refractivity contribution is 6.01. The number of imide groups is 1. The first-order valence-corrected chi connectivity index (χ1v) is 20.2. The molecule has 6 aromatic rings. The van der Waals surface area contributed by atoms with Crippen molar-refractivity contribution in [3.05, 3.63) is 119 Å². The van der Waals surface area contributed by atoms with Crippen molar-refractivity contribution in [3.8, 4) is 22.4 Å². The Labute approximate surface area is 338 Å². The number of H-pyrrole nitrogens is 1. The molecule has 298 valence electrons. The van der Waals surface area contributed by atoms with Crippen LogP contribution >= 0.6 is 0 Å². The van der Waals surface area contributed by atoms with E-state index in [0.717, 1.165) is 89.0 Å². The highest BCUT2D eigenvalue weighted by atomic mass is 16.5. The van der Waals surface area contributed by atoms with E-state index in [0.29, 0.717) is 24.7 Å². The molecule has 2 saturated heterocycles. The van der Waals surface area contributed by atoms with E-state index in [9.17, 15) is 14.4 Å². The Morgan fingerprint density at radius 1 is 0.931 bits per heavy atom. The lowest BCUT2D eigenvalue weighted by Gasteiger charge is -2.32. The van der Waals surface area contributed by atoms with Crippen LogP contribution in [-0.4, -0.2) is 67.6 Å². The number of carbonyl (C=O) groups is 3. The maximum atomic E-state index is 12.9. The first-order chi connectivity index (χ1) is 27.9. The number of hydrogen-bond donors (Lipinski definition) is 3. The van der Waals surface area contributed by atoms with Gasteiger partial charge in [-0.15, -0.1) is 0 Å². The summed E-state index contributed by atoms with van der Waals surface area (Å²) in [6.45, 7) is 13.0. The van der Waals surface area contributed by atoms with E-state index in [1.54, 1.807) is 0 Å². The van der Waals surface area contributed by atoms with Crippen molar-refractivity contribution in [2.24, 2.45) is 0 Å². The Bertz CT molecular complexity index is 2450. The van der Waals surface area contributed by atoms with Gasteiger partial charge < -0.3 is 14.7 Å². The Hall–Kier alpha value is -6.01. The van der Waals surface area contributed by atoms with Gasteiger partial charge in [0.05, 0.1) is 12.0 Å². The van der Waals surface area contributed by atoms with E-state index >= 15 is 0 Å². The fourth-order valence-electron chi connectivity index (χ4n) is 8.20. The Balaban J connectivity index is 0.865. The van der Waals surface area contributed by atoms with Crippen LogP contribution in [0.2, 0.25) is 0 Å². The Morgan fingerprint density at radius 2 is 1.66 bits per heavy atom. The zero-order valence-electron chi connectivity index (χ0n) is 33.8. The van der Waals surface area contributed by atoms with Crippen LogP contribution in [0.15, 0.2) is 83.5 Å². The summed E-state index contributed by atoms with van der Waals surface area (Å²) >= 11 is 0. The molecule has 3 aromatic heterocycles. The van der Waals surface area contributed by atoms with Gasteiger partial charge in [0, 0.05) is 41.1 Å². The number of aromatic amines is 1. The molecule has 2 aliphatic heterocycles. The second-order valence-electron chi connectivity index (χ2n) is 16.9. The fourth-order valence-corrected chi connectivity index (χ4v) is 8.20. The topological polar surface area (TPSA) is 159 Å². The fraction of sp³-hybridized carbons (Fsp3) is 0.370. The van der Waals surface area contributed by atoms with Gasteiger partial charge >= 0.3 is 0 Å². The lowest BCUT2D eigenvalue weighted by molar-refractivity contribution is -0.134. The first-order valence-electron chi connectivity index (χ1n) is 20.2. The number of aryl methyl sites for hydroxylation is 1. The second-order valence-corrected chi connectivity index (χ2v) is 16.9. The van der Waals surface area contributed by atoms with Crippen LogP contribution < -0.4 is 10.6 Å². The van der Waals surface area contributed by atoms with Gasteiger partial charge in [-0.2, -0.15) is 10.1 Å². The van der Waals surface area contributed by atoms with Crippen LogP contribution in [0.1, 0.15) is 116 Å². The minimum absolute atomic E-state index is 0.0232. The molecule has 2 fully saturated rings. The second kappa shape index (κ2) is 16.1. The average Bonchev–Trinajstić information content (AvgIpc) is 3.89. The third-order valence-electron chi connectivity index (χ3n) is 11.7. The van der Waals surface area contributed by atoms with Crippen LogP contribution in [0.3, 0.4) is 0 Å². The number of rotatable bonds is 10. The SMILES string of the molecule is Cc1cc(-c2n[nH]c3ncc(-c4ccc(C5CCN(CCc6ccc(C7CCC(=O)NC7=O)cc6)CC5)cc4)cc23)ccc1[C@@H](C)NC(=O)c1noc(C(C)(C)C)n1. The van der Waals surface area contributed by atoms with E-state index in [1.807, 2.05) is 65.1 Å². The molecule has 58 heavy (non-hydrogen) atoms. The van der Waals surface area contributed by atoms with E-state index in [4.69, 9.17) is 9.51 Å². The van der Waals surface area contributed by atoms with Crippen molar-refractivity contribution in [2.75, 3.05) is 19.6 Å². The molecule has 3 N–H and O–H groups in total. The van der Waals surface area contributed by atoms with Crippen LogP contribution in [0.5, 0.6) is 0 Å². The summed E-state index contributed by atoms with van der Waals surface area (Å²) in [5.74, 6) is -0.0183. The predicted octanol–water partition coefficient (Wildman–Crippen LogP) is 7.71. The number of hydrogen-bond acceptors (Lipinski definition) is 9. The number of amides is 3. The molecule has 0 spiro atoms. The number of nitrogens with one attached hydrogen (secondary N) is 3. The smallest absolute Gasteiger partial charge is 0.293 e. The van der Waals surface area contributed by atoms with Crippen molar-refractivity contribution in [3.63, 3.8) is 0 Å². The van der Waals surface area contributed by atoms with Crippen molar-refractivity contribution in [1.29, 1.82) is 0 Å². The van der Waals surface area contributed by atoms with Crippen molar-refractivity contribution >= 4 is 28.8 Å². The summed E-state index contributed by atoms with van der Waals surface area (Å²) in [6, 6.07) is 25.3. The predicted molar refractivity (Wildman–Crippen MR) is 222 cm³/mol. The summed E-state index contributed by atoms with van der Waals surface area (Å²) in [7, 11) is 0. The molecule has 5 heterocycles. The standard InChI is InChI=1S/C46H50N8O4/c1-27-24-34(14-15-36(27)28(2)48-44(57)42-50-45(58-53-42)46(3,4)5)40-38-25-35(26-47-41(38)52-51-40)31-12-10-30(11-13-31)32-19-22-54(23-20-32)21-18-29-6-8-33(9-7-29)37-16-17-39(55)49-43(37)56/h6-15,24-26,28,32,37H,16-23H2,1-5H3,(H,48,57)(H,47,51,52)(H,49,55,56)/t28-,37?/m1/s1. The van der Waals surface area contributed by atoms with E-state index in [1.165, 1.54) is 11.1 Å². The largest absolute Gasteiger partial charge is 0.343 e. The molecular formula is C46H50N8O4. The summed E-state index contributed by atoms with van der Waals surface area (Å²) in [6.07, 6.45) is 6.09. The van der Waals surface area contributed by atoms with Crippen molar-refractivity contribution < 1.29 is 18.9 Å². The van der Waals surface area contributed by atoms with Gasteiger partial charge in [-0.25, -0.2) is 4.98 Å². The number of likely N-dealkylation sites (tertiary alicyclic amines) is 1. The molecule has 8 rings (SSSR count). The Kier molecular flexibility index (Phi) is 10.8. The molecule has 2 atom stereocenters. The zero-order chi connectivity index (χ0) is 40.6. The van der Waals surface area contributed by atoms with Crippen molar-refractivity contribution in [2.45, 2.75) is 90.0 Å². The monoisotopic (exact) mass is 778 g/mol. The maximum Gasteiger partial charge on any atom is 0.293 e. The number of nitrogens with zero attached hydrogens (tertiary/aromatic N) is 5. The number of piperidine rings is 2. The van der Waals surface area contributed by atoms with Crippen LogP contribution in [0, 0.1) is 6.92 Å². The average molecular weight is 779 g/mol. The lowest BCUT2D eigenvalue weighted by atomic mass is 9.88. The van der Waals surface area contributed by atoms with Crippen LogP contribution in [0.4, 0.5) is 0 Å². The van der Waals surface area contributed by atoms with E-state index in [-0.39, 0.29) is 40.9 Å². The maximum absolute atomic E-state index is 12.9. The minimum atomic E-state index is -0.383. The third-order valence-corrected chi connectivity index (χ3v) is 11.7. The number of carbonyl (C=O) groups excluding carboxylic acids is 3. The highest BCUT2D eigenvalue weighted by Gasteiger charge is 2.28. The quantitative estimate of drug-likeness (QED) is 0.118. The molecule has 3 amide bonds. The molecule has 2 aliphatic rings. The van der Waals surface area contributed by atoms with Gasteiger partial charge in [0.25, 0.3) is 11.7 Å². The summed E-state index contributed by atoms with van der Waals surface area (Å²) in [4.78, 5) is 48.3.